The molecule has 2 bridgehead atoms. The predicted molar refractivity (Wildman–Crippen MR) is 119 cm³/mol. The summed E-state index contributed by atoms with van der Waals surface area (Å²) in [5.41, 5.74) is 1.40. The molecule has 2 aliphatic rings. The van der Waals surface area contributed by atoms with E-state index in [1.807, 2.05) is 6.07 Å². The number of fused-ring (bicyclic) bond motifs is 4. The SMILES string of the molecule is O=C(Nc1ccc2n(c1=O)C[C@@H]1C[C@@H]2CN(C(=O)Nc2ccc(F)cc2)C1)c1cnccn1. The molecule has 9 nitrogen and oxygen atoms in total. The first-order valence-electron chi connectivity index (χ1n) is 10.6. The van der Waals surface area contributed by atoms with Gasteiger partial charge in [0, 0.05) is 49.3 Å². The number of rotatable bonds is 3. The standard InChI is InChI=1S/C23H21FN6O3/c24-16-1-3-17(4-2-16)27-23(33)29-11-14-9-15(13-29)20-6-5-18(22(32)30(20)12-14)28-21(31)19-10-25-7-8-26-19/h1-8,10,14-15H,9,11-13H2,(H,27,33)(H,28,31)/t14-,15-/m1/s1. The molecule has 2 atom stereocenters. The summed E-state index contributed by atoms with van der Waals surface area (Å²) in [6.45, 7) is 1.43. The van der Waals surface area contributed by atoms with Crippen LogP contribution in [0.5, 0.6) is 0 Å². The molecule has 0 aliphatic carbocycles. The molecule has 3 aromatic rings. The van der Waals surface area contributed by atoms with Crippen LogP contribution in [0.15, 0.2) is 59.8 Å². The van der Waals surface area contributed by atoms with Crippen molar-refractivity contribution in [1.82, 2.24) is 19.4 Å². The van der Waals surface area contributed by atoms with Crippen molar-refractivity contribution in [1.29, 1.82) is 0 Å². The van der Waals surface area contributed by atoms with Crippen LogP contribution in [0.25, 0.3) is 0 Å². The molecule has 4 heterocycles. The lowest BCUT2D eigenvalue weighted by molar-refractivity contribution is 0.102. The van der Waals surface area contributed by atoms with Crippen LogP contribution in [0, 0.1) is 11.7 Å². The van der Waals surface area contributed by atoms with Gasteiger partial charge in [-0.15, -0.1) is 0 Å². The van der Waals surface area contributed by atoms with E-state index in [0.29, 0.717) is 25.3 Å². The van der Waals surface area contributed by atoms with Crippen molar-refractivity contribution in [2.75, 3.05) is 23.7 Å². The number of nitrogens with one attached hydrogen (secondary N) is 2. The van der Waals surface area contributed by atoms with Gasteiger partial charge in [0.1, 0.15) is 17.2 Å². The van der Waals surface area contributed by atoms with Gasteiger partial charge in [0.2, 0.25) is 0 Å². The van der Waals surface area contributed by atoms with Crippen molar-refractivity contribution < 1.29 is 14.0 Å². The lowest BCUT2D eigenvalue weighted by atomic mass is 9.83. The molecule has 0 saturated carbocycles. The fourth-order valence-corrected chi connectivity index (χ4v) is 4.55. The molecule has 2 aliphatic heterocycles. The second-order valence-corrected chi connectivity index (χ2v) is 8.27. The summed E-state index contributed by atoms with van der Waals surface area (Å²) >= 11 is 0. The molecule has 3 amide bonds. The van der Waals surface area contributed by atoms with Crippen LogP contribution in [-0.2, 0) is 6.54 Å². The number of pyridine rings is 1. The molecule has 1 fully saturated rings. The lowest BCUT2D eigenvalue weighted by Gasteiger charge is -2.42. The maximum atomic E-state index is 13.1. The van der Waals surface area contributed by atoms with E-state index in [4.69, 9.17) is 0 Å². The van der Waals surface area contributed by atoms with E-state index in [9.17, 15) is 18.8 Å². The Morgan fingerprint density at radius 2 is 1.82 bits per heavy atom. The van der Waals surface area contributed by atoms with E-state index < -0.39 is 5.91 Å². The van der Waals surface area contributed by atoms with E-state index in [1.54, 1.807) is 15.5 Å². The average Bonchev–Trinajstić information content (AvgIpc) is 2.83. The van der Waals surface area contributed by atoms with Gasteiger partial charge in [0.15, 0.2) is 0 Å². The fraction of sp³-hybridized carbons (Fsp3) is 0.261. The number of halogens is 1. The highest BCUT2D eigenvalue weighted by Crippen LogP contribution is 2.35. The molecule has 10 heteroatoms. The molecule has 1 saturated heterocycles. The van der Waals surface area contributed by atoms with E-state index in [0.717, 1.165) is 12.1 Å². The van der Waals surface area contributed by atoms with E-state index in [-0.39, 0.29) is 40.6 Å². The molecule has 1 aromatic carbocycles. The number of urea groups is 1. The molecule has 5 rings (SSSR count). The molecule has 0 unspecified atom stereocenters. The number of hydrogen-bond donors (Lipinski definition) is 2. The number of anilines is 2. The lowest BCUT2D eigenvalue weighted by Crippen LogP contribution is -2.50. The van der Waals surface area contributed by atoms with Gasteiger partial charge in [-0.2, -0.15) is 0 Å². The number of benzene rings is 1. The normalized spacial score (nSPS) is 18.9. The largest absolute Gasteiger partial charge is 0.324 e. The van der Waals surface area contributed by atoms with Crippen LogP contribution in [0.3, 0.4) is 0 Å². The van der Waals surface area contributed by atoms with Gasteiger partial charge in [-0.1, -0.05) is 0 Å². The number of amides is 3. The monoisotopic (exact) mass is 448 g/mol. The zero-order valence-corrected chi connectivity index (χ0v) is 17.6. The van der Waals surface area contributed by atoms with Crippen LogP contribution in [0.1, 0.15) is 28.5 Å². The Bertz CT molecular complexity index is 1260. The molecule has 2 aromatic heterocycles. The number of likely N-dealkylation sites (tertiary alicyclic amines) is 1. The van der Waals surface area contributed by atoms with Crippen molar-refractivity contribution in [2.45, 2.75) is 18.9 Å². The Labute approximate surface area is 188 Å². The number of carbonyl (C=O) groups excluding carboxylic acids is 2. The van der Waals surface area contributed by atoms with Gasteiger partial charge in [0.25, 0.3) is 11.5 Å². The smallest absolute Gasteiger partial charge is 0.321 e. The number of nitrogens with zero attached hydrogens (tertiary/aromatic N) is 4. The predicted octanol–water partition coefficient (Wildman–Crippen LogP) is 2.68. The minimum Gasteiger partial charge on any atom is -0.324 e. The fourth-order valence-electron chi connectivity index (χ4n) is 4.55. The van der Waals surface area contributed by atoms with Crippen LogP contribution in [-0.4, -0.2) is 44.5 Å². The van der Waals surface area contributed by atoms with Gasteiger partial charge in [-0.25, -0.2) is 14.2 Å². The van der Waals surface area contributed by atoms with Crippen LogP contribution in [0.2, 0.25) is 0 Å². The first kappa shape index (κ1) is 20.8. The third kappa shape index (κ3) is 4.19. The Kier molecular flexibility index (Phi) is 5.33. The van der Waals surface area contributed by atoms with Gasteiger partial charge in [-0.05, 0) is 48.7 Å². The average molecular weight is 448 g/mol. The zero-order chi connectivity index (χ0) is 22.9. The Balaban J connectivity index is 1.32. The molecule has 33 heavy (non-hydrogen) atoms. The minimum atomic E-state index is -0.500. The zero-order valence-electron chi connectivity index (χ0n) is 17.6. The van der Waals surface area contributed by atoms with Crippen molar-refractivity contribution in [3.05, 3.63) is 82.5 Å². The molecule has 0 spiro atoms. The van der Waals surface area contributed by atoms with Crippen LogP contribution in [0.4, 0.5) is 20.6 Å². The molecule has 0 radical (unpaired) electrons. The Morgan fingerprint density at radius 3 is 2.58 bits per heavy atom. The second-order valence-electron chi connectivity index (χ2n) is 8.27. The van der Waals surface area contributed by atoms with Crippen molar-refractivity contribution >= 4 is 23.3 Å². The molecular formula is C23H21FN6O3. The highest BCUT2D eigenvalue weighted by Gasteiger charge is 2.36. The quantitative estimate of drug-likeness (QED) is 0.640. The molecule has 2 N–H and O–H groups in total. The van der Waals surface area contributed by atoms with Gasteiger partial charge < -0.3 is 20.1 Å². The topological polar surface area (TPSA) is 109 Å². The summed E-state index contributed by atoms with van der Waals surface area (Å²) in [7, 11) is 0. The summed E-state index contributed by atoms with van der Waals surface area (Å²) in [4.78, 5) is 47.8. The number of hydrogen-bond acceptors (Lipinski definition) is 5. The summed E-state index contributed by atoms with van der Waals surface area (Å²) in [5.74, 6) is -0.747. The van der Waals surface area contributed by atoms with Gasteiger partial charge >= 0.3 is 6.03 Å². The highest BCUT2D eigenvalue weighted by molar-refractivity contribution is 6.02. The summed E-state index contributed by atoms with van der Waals surface area (Å²) in [6, 6.07) is 8.80. The van der Waals surface area contributed by atoms with E-state index in [2.05, 4.69) is 20.6 Å². The summed E-state index contributed by atoms with van der Waals surface area (Å²) < 4.78 is 14.8. The van der Waals surface area contributed by atoms with Crippen LogP contribution >= 0.6 is 0 Å². The first-order valence-corrected chi connectivity index (χ1v) is 10.6. The van der Waals surface area contributed by atoms with Gasteiger partial charge in [-0.3, -0.25) is 14.6 Å². The van der Waals surface area contributed by atoms with E-state index >= 15 is 0 Å². The first-order chi connectivity index (χ1) is 16.0. The maximum absolute atomic E-state index is 13.1. The Hall–Kier alpha value is -4.08. The van der Waals surface area contributed by atoms with Gasteiger partial charge in [0.05, 0.1) is 6.20 Å². The van der Waals surface area contributed by atoms with Crippen molar-refractivity contribution in [3.63, 3.8) is 0 Å². The third-order valence-corrected chi connectivity index (χ3v) is 6.03. The van der Waals surface area contributed by atoms with Crippen molar-refractivity contribution in [3.8, 4) is 0 Å². The Morgan fingerprint density at radius 1 is 1.00 bits per heavy atom. The minimum absolute atomic E-state index is 0.00825. The number of piperidine rings is 1. The summed E-state index contributed by atoms with van der Waals surface area (Å²) in [6.07, 6.45) is 5.09. The molecular weight excluding hydrogens is 427 g/mol. The highest BCUT2D eigenvalue weighted by atomic mass is 19.1. The summed E-state index contributed by atoms with van der Waals surface area (Å²) in [5, 5.41) is 5.43. The van der Waals surface area contributed by atoms with E-state index in [1.165, 1.54) is 42.9 Å². The third-order valence-electron chi connectivity index (χ3n) is 6.03. The maximum Gasteiger partial charge on any atom is 0.321 e. The van der Waals surface area contributed by atoms with Crippen molar-refractivity contribution in [2.24, 2.45) is 5.92 Å². The van der Waals surface area contributed by atoms with Crippen LogP contribution < -0.4 is 16.2 Å². The molecule has 168 valence electrons. The number of aromatic nitrogens is 3. The number of carbonyl (C=O) groups is 2. The second kappa shape index (κ2) is 8.45.